The van der Waals surface area contributed by atoms with Crippen molar-refractivity contribution in [1.29, 1.82) is 0 Å². The third kappa shape index (κ3) is 1.41. The summed E-state index contributed by atoms with van der Waals surface area (Å²) in [6.45, 7) is 1.01. The molecule has 2 N–H and O–H groups in total. The molecular weight excluding hydrogens is 302 g/mol. The molecule has 0 amide bonds. The molecule has 5 atom stereocenters. The van der Waals surface area contributed by atoms with Crippen LogP contribution in [0.2, 0.25) is 0 Å². The van der Waals surface area contributed by atoms with Crippen LogP contribution < -0.4 is 4.74 Å². The summed E-state index contributed by atoms with van der Waals surface area (Å²) >= 11 is 0. The van der Waals surface area contributed by atoms with Crippen LogP contribution in [0.25, 0.3) is 0 Å². The summed E-state index contributed by atoms with van der Waals surface area (Å²) in [5.74, 6) is 1.19. The van der Waals surface area contributed by atoms with Gasteiger partial charge in [0.25, 0.3) is 0 Å². The number of nitrogens with zero attached hydrogens (tertiary/aromatic N) is 1. The Hall–Kier alpha value is -1.23. The molecule has 5 rings (SSSR count). The minimum Gasteiger partial charge on any atom is -0.504 e. The molecule has 1 fully saturated rings. The summed E-state index contributed by atoms with van der Waals surface area (Å²) in [6, 6.07) is 4.23. The molecule has 0 radical (unpaired) electrons. The fourth-order valence-electron chi connectivity index (χ4n) is 5.24. The molecule has 1 aromatic carbocycles. The van der Waals surface area contributed by atoms with E-state index in [1.807, 2.05) is 12.1 Å². The van der Waals surface area contributed by atoms with Gasteiger partial charge in [-0.25, -0.2) is 0 Å². The van der Waals surface area contributed by atoms with Gasteiger partial charge in [0.2, 0.25) is 0 Å². The number of aliphatic hydroxyl groups excluding tert-OH is 1. The smallest absolute Gasteiger partial charge is 0.165 e. The first-order valence-electron chi connectivity index (χ1n) is 7.71. The molecule has 0 unspecified atom stereocenters. The Bertz CT molecular complexity index is 676. The molecule has 1 spiro atoms. The van der Waals surface area contributed by atoms with E-state index in [0.717, 1.165) is 19.4 Å². The van der Waals surface area contributed by atoms with Crippen molar-refractivity contribution in [2.45, 2.75) is 36.5 Å². The zero-order chi connectivity index (χ0) is 14.4. The Morgan fingerprint density at radius 3 is 2.95 bits per heavy atom. The maximum Gasteiger partial charge on any atom is 0.165 e. The Balaban J connectivity index is 0.00000125. The van der Waals surface area contributed by atoms with Crippen molar-refractivity contribution in [3.8, 4) is 11.5 Å². The maximum absolute atomic E-state index is 10.4. The van der Waals surface area contributed by atoms with Gasteiger partial charge < -0.3 is 19.8 Å². The Morgan fingerprint density at radius 1 is 1.32 bits per heavy atom. The van der Waals surface area contributed by atoms with Crippen molar-refractivity contribution in [3.05, 3.63) is 35.4 Å². The van der Waals surface area contributed by atoms with Crippen molar-refractivity contribution in [2.24, 2.45) is 5.92 Å². The Morgan fingerprint density at radius 2 is 2.14 bits per heavy atom. The molecule has 2 aliphatic heterocycles. The van der Waals surface area contributed by atoms with Crippen LogP contribution in [0.1, 0.15) is 17.5 Å². The number of phenols is 1. The number of likely N-dealkylation sites (N-methyl/N-ethyl adjacent to an activating group) is 1. The Labute approximate surface area is 135 Å². The van der Waals surface area contributed by atoms with Gasteiger partial charge in [-0.05, 0) is 38.1 Å². The summed E-state index contributed by atoms with van der Waals surface area (Å²) in [5.41, 5.74) is 2.29. The van der Waals surface area contributed by atoms with E-state index in [4.69, 9.17) is 4.74 Å². The van der Waals surface area contributed by atoms with Gasteiger partial charge in [-0.3, -0.25) is 0 Å². The van der Waals surface area contributed by atoms with E-state index in [1.165, 1.54) is 11.1 Å². The van der Waals surface area contributed by atoms with Gasteiger partial charge in [0.15, 0.2) is 11.5 Å². The molecule has 2 bridgehead atoms. The number of piperidine rings is 1. The second kappa shape index (κ2) is 4.40. The first-order chi connectivity index (χ1) is 10.1. The standard InChI is InChI=1S/C17H19NO3.ClH/c1-18-7-6-17-10-3-5-13(20)16(17)21-15-12(19)4-2-9(14(15)17)8-11(10)18;/h2-5,10-11,13,16,19-20H,6-8H2,1H3;1H/t10-,11+,13-,16+,17-;/m0./s1. The number of phenolic OH excluding ortho intramolecular Hbond substituents is 1. The largest absolute Gasteiger partial charge is 0.504 e. The van der Waals surface area contributed by atoms with E-state index in [0.29, 0.717) is 17.7 Å². The lowest BCUT2D eigenvalue weighted by Crippen LogP contribution is -2.64. The third-order valence-electron chi connectivity index (χ3n) is 6.15. The zero-order valence-corrected chi connectivity index (χ0v) is 13.2. The summed E-state index contributed by atoms with van der Waals surface area (Å²) in [6.07, 6.45) is 5.18. The predicted octanol–water partition coefficient (Wildman–Crippen LogP) is 1.62. The molecular formula is C17H20ClNO3. The van der Waals surface area contributed by atoms with Crippen LogP contribution >= 0.6 is 12.4 Å². The Kier molecular flexibility index (Phi) is 2.88. The van der Waals surface area contributed by atoms with Crippen molar-refractivity contribution in [3.63, 3.8) is 0 Å². The van der Waals surface area contributed by atoms with Crippen LogP contribution in [0.4, 0.5) is 0 Å². The highest BCUT2D eigenvalue weighted by molar-refractivity contribution is 5.85. The SMILES string of the molecule is CN1CC[C@]23c4c5ccc(O)c4O[C@@H]2[C@@H](O)C=C[C@H]3[C@H]1C5.Cl. The molecule has 1 aromatic rings. The first-order valence-corrected chi connectivity index (χ1v) is 7.71. The van der Waals surface area contributed by atoms with E-state index in [-0.39, 0.29) is 29.7 Å². The number of halogens is 1. The number of hydrogen-bond acceptors (Lipinski definition) is 4. The molecule has 1 saturated heterocycles. The van der Waals surface area contributed by atoms with Crippen molar-refractivity contribution in [2.75, 3.05) is 13.6 Å². The molecule has 4 nitrogen and oxygen atoms in total. The van der Waals surface area contributed by atoms with E-state index in [9.17, 15) is 10.2 Å². The average molecular weight is 322 g/mol. The monoisotopic (exact) mass is 321 g/mol. The average Bonchev–Trinajstić information content (AvgIpc) is 2.83. The fraction of sp³-hybridized carbons (Fsp3) is 0.529. The molecule has 118 valence electrons. The lowest BCUT2D eigenvalue weighted by atomic mass is 9.53. The molecule has 4 aliphatic rings. The van der Waals surface area contributed by atoms with Crippen molar-refractivity contribution < 1.29 is 14.9 Å². The second-order valence-electron chi connectivity index (χ2n) is 6.93. The van der Waals surface area contributed by atoms with E-state index in [2.05, 4.69) is 18.0 Å². The fourth-order valence-corrected chi connectivity index (χ4v) is 5.24. The van der Waals surface area contributed by atoms with E-state index in [1.54, 1.807) is 6.07 Å². The van der Waals surface area contributed by atoms with Gasteiger partial charge in [0.1, 0.15) is 12.2 Å². The zero-order valence-electron chi connectivity index (χ0n) is 12.4. The van der Waals surface area contributed by atoms with Gasteiger partial charge in [0, 0.05) is 22.9 Å². The molecule has 5 heteroatoms. The summed E-state index contributed by atoms with van der Waals surface area (Å²) < 4.78 is 6.09. The molecule has 22 heavy (non-hydrogen) atoms. The van der Waals surface area contributed by atoms with Crippen molar-refractivity contribution in [1.82, 2.24) is 4.90 Å². The molecule has 0 saturated carbocycles. The highest BCUT2D eigenvalue weighted by Crippen LogP contribution is 2.62. The van der Waals surface area contributed by atoms with Crippen LogP contribution in [0.5, 0.6) is 11.5 Å². The number of rotatable bonds is 0. The van der Waals surface area contributed by atoms with E-state index >= 15 is 0 Å². The normalized spacial score (nSPS) is 40.6. The highest BCUT2D eigenvalue weighted by atomic mass is 35.5. The van der Waals surface area contributed by atoms with Crippen LogP contribution in [0.3, 0.4) is 0 Å². The third-order valence-corrected chi connectivity index (χ3v) is 6.15. The number of hydrogen-bond donors (Lipinski definition) is 2. The lowest BCUT2D eigenvalue weighted by Gasteiger charge is -2.56. The second-order valence-corrected chi connectivity index (χ2v) is 6.93. The summed E-state index contributed by atoms with van der Waals surface area (Å²) in [5, 5.41) is 20.6. The van der Waals surface area contributed by atoms with E-state index < -0.39 is 6.10 Å². The number of likely N-dealkylation sites (tertiary alicyclic amines) is 1. The first kappa shape index (κ1) is 14.4. The number of aromatic hydroxyl groups is 1. The summed E-state index contributed by atoms with van der Waals surface area (Å²) in [4.78, 5) is 2.43. The predicted molar refractivity (Wildman–Crippen MR) is 84.8 cm³/mol. The maximum atomic E-state index is 10.4. The number of ether oxygens (including phenoxy) is 1. The highest BCUT2D eigenvalue weighted by Gasteiger charge is 2.64. The quantitative estimate of drug-likeness (QED) is 0.713. The van der Waals surface area contributed by atoms with Gasteiger partial charge in [-0.1, -0.05) is 18.2 Å². The van der Waals surface area contributed by atoms with Crippen molar-refractivity contribution >= 4 is 12.4 Å². The van der Waals surface area contributed by atoms with Crippen LogP contribution in [0.15, 0.2) is 24.3 Å². The van der Waals surface area contributed by atoms with Gasteiger partial charge in [-0.2, -0.15) is 0 Å². The van der Waals surface area contributed by atoms with Crippen LogP contribution in [0, 0.1) is 5.92 Å². The van der Waals surface area contributed by atoms with Crippen LogP contribution in [-0.4, -0.2) is 47.0 Å². The minimum absolute atomic E-state index is 0. The number of aliphatic hydroxyl groups is 1. The van der Waals surface area contributed by atoms with Crippen LogP contribution in [-0.2, 0) is 11.8 Å². The topological polar surface area (TPSA) is 52.9 Å². The minimum atomic E-state index is -0.594. The van der Waals surface area contributed by atoms with Gasteiger partial charge in [-0.15, -0.1) is 12.4 Å². The molecule has 0 aromatic heterocycles. The van der Waals surface area contributed by atoms with Gasteiger partial charge in [0.05, 0.1) is 0 Å². The lowest BCUT2D eigenvalue weighted by molar-refractivity contribution is -0.0453. The number of benzene rings is 1. The molecule has 2 heterocycles. The van der Waals surface area contributed by atoms with Gasteiger partial charge >= 0.3 is 0 Å². The molecule has 2 aliphatic carbocycles. The summed E-state index contributed by atoms with van der Waals surface area (Å²) in [7, 11) is 2.19.